The molecule has 0 aliphatic heterocycles. The molecule has 16 heavy (non-hydrogen) atoms. The van der Waals surface area contributed by atoms with Gasteiger partial charge >= 0.3 is 0 Å². The van der Waals surface area contributed by atoms with Crippen LogP contribution in [0.5, 0.6) is 0 Å². The van der Waals surface area contributed by atoms with Crippen LogP contribution in [0.4, 0.5) is 0 Å². The van der Waals surface area contributed by atoms with Crippen molar-refractivity contribution in [2.75, 3.05) is 6.26 Å². The average Bonchev–Trinajstić information content (AvgIpc) is 2.60. The fourth-order valence-electron chi connectivity index (χ4n) is 1.93. The molecule has 0 fully saturated rings. The van der Waals surface area contributed by atoms with Crippen LogP contribution in [-0.2, 0) is 5.54 Å². The number of nitrogens with zero attached hydrogens (tertiary/aromatic N) is 1. The van der Waals surface area contributed by atoms with Crippen molar-refractivity contribution in [2.45, 2.75) is 31.2 Å². The summed E-state index contributed by atoms with van der Waals surface area (Å²) in [7, 11) is 0. The molecule has 2 rings (SSSR count). The zero-order valence-electron chi connectivity index (χ0n) is 10.0. The lowest BCUT2D eigenvalue weighted by Crippen LogP contribution is -2.20. The Bertz CT molecular complexity index is 522. The molecule has 1 nitrogen and oxygen atoms in total. The molecule has 3 heteroatoms. The highest BCUT2D eigenvalue weighted by molar-refractivity contribution is 9.10. The van der Waals surface area contributed by atoms with Crippen molar-refractivity contribution in [3.63, 3.8) is 0 Å². The smallest absolute Gasteiger partial charge is 0.0634 e. The molecule has 0 atom stereocenters. The fourth-order valence-corrected chi connectivity index (χ4v) is 3.41. The van der Waals surface area contributed by atoms with Crippen LogP contribution in [0.1, 0.15) is 20.8 Å². The Labute approximate surface area is 109 Å². The van der Waals surface area contributed by atoms with Gasteiger partial charge in [-0.1, -0.05) is 6.07 Å². The normalized spacial score (nSPS) is 12.3. The van der Waals surface area contributed by atoms with Crippen molar-refractivity contribution in [1.29, 1.82) is 0 Å². The first-order valence-corrected chi connectivity index (χ1v) is 7.31. The first-order chi connectivity index (χ1) is 7.45. The van der Waals surface area contributed by atoms with Crippen LogP contribution in [0, 0.1) is 0 Å². The van der Waals surface area contributed by atoms with Crippen molar-refractivity contribution in [3.05, 3.63) is 28.9 Å². The lowest BCUT2D eigenvalue weighted by Gasteiger charge is -2.24. The number of hydrogen-bond donors (Lipinski definition) is 0. The maximum absolute atomic E-state index is 3.63. The van der Waals surface area contributed by atoms with E-state index in [0.29, 0.717) is 0 Å². The minimum absolute atomic E-state index is 0.118. The summed E-state index contributed by atoms with van der Waals surface area (Å²) in [5.74, 6) is 0. The van der Waals surface area contributed by atoms with Crippen molar-refractivity contribution in [1.82, 2.24) is 4.57 Å². The molecule has 0 bridgehead atoms. The number of hydrogen-bond acceptors (Lipinski definition) is 1. The molecule has 0 amide bonds. The Balaban J connectivity index is 2.83. The van der Waals surface area contributed by atoms with Crippen LogP contribution >= 0.6 is 27.7 Å². The SMILES string of the molecule is CSc1c(Br)ccc2ccn(C(C)(C)C)c12. The highest BCUT2D eigenvalue weighted by Crippen LogP contribution is 2.36. The quantitative estimate of drug-likeness (QED) is 0.679. The maximum atomic E-state index is 3.63. The van der Waals surface area contributed by atoms with Gasteiger partial charge in [0.15, 0.2) is 0 Å². The second-order valence-corrected chi connectivity index (χ2v) is 6.55. The van der Waals surface area contributed by atoms with E-state index in [9.17, 15) is 0 Å². The predicted molar refractivity (Wildman–Crippen MR) is 76.4 cm³/mol. The Morgan fingerprint density at radius 2 is 1.88 bits per heavy atom. The third-order valence-corrected chi connectivity index (χ3v) is 4.43. The Kier molecular flexibility index (Phi) is 3.10. The summed E-state index contributed by atoms with van der Waals surface area (Å²) in [5, 5.41) is 1.31. The van der Waals surface area contributed by atoms with E-state index in [1.807, 2.05) is 0 Å². The second kappa shape index (κ2) is 4.11. The molecule has 0 aliphatic rings. The van der Waals surface area contributed by atoms with Gasteiger partial charge in [-0.15, -0.1) is 11.8 Å². The zero-order valence-corrected chi connectivity index (χ0v) is 12.4. The van der Waals surface area contributed by atoms with E-state index in [1.165, 1.54) is 20.3 Å². The zero-order chi connectivity index (χ0) is 11.9. The standard InChI is InChI=1S/C13H16BrNS/c1-13(2,3)15-8-7-9-5-6-10(14)12(16-4)11(9)15/h5-8H,1-4H3. The molecule has 1 aromatic heterocycles. The van der Waals surface area contributed by atoms with Crippen molar-refractivity contribution >= 4 is 38.6 Å². The Morgan fingerprint density at radius 3 is 2.44 bits per heavy atom. The minimum atomic E-state index is 0.118. The van der Waals surface area contributed by atoms with Gasteiger partial charge in [-0.3, -0.25) is 0 Å². The molecule has 0 spiro atoms. The summed E-state index contributed by atoms with van der Waals surface area (Å²) in [6, 6.07) is 6.48. The van der Waals surface area contributed by atoms with Crippen molar-refractivity contribution in [2.24, 2.45) is 0 Å². The summed E-state index contributed by atoms with van der Waals surface area (Å²) in [6.07, 6.45) is 4.30. The topological polar surface area (TPSA) is 4.93 Å². The van der Waals surface area contributed by atoms with Crippen LogP contribution in [0.2, 0.25) is 0 Å². The summed E-state index contributed by atoms with van der Waals surface area (Å²) in [6.45, 7) is 6.70. The molecule has 2 aromatic rings. The van der Waals surface area contributed by atoms with E-state index >= 15 is 0 Å². The second-order valence-electron chi connectivity index (χ2n) is 4.88. The molecule has 1 heterocycles. The van der Waals surface area contributed by atoms with E-state index in [4.69, 9.17) is 0 Å². The number of fused-ring (bicyclic) bond motifs is 1. The minimum Gasteiger partial charge on any atom is -0.341 e. The van der Waals surface area contributed by atoms with E-state index < -0.39 is 0 Å². The number of halogens is 1. The number of aromatic nitrogens is 1. The first-order valence-electron chi connectivity index (χ1n) is 5.29. The van der Waals surface area contributed by atoms with Gasteiger partial charge in [0.2, 0.25) is 0 Å². The lowest BCUT2D eigenvalue weighted by atomic mass is 10.1. The van der Waals surface area contributed by atoms with E-state index in [1.54, 1.807) is 11.8 Å². The first kappa shape index (κ1) is 12.1. The maximum Gasteiger partial charge on any atom is 0.0634 e. The van der Waals surface area contributed by atoms with Crippen LogP contribution < -0.4 is 0 Å². The summed E-state index contributed by atoms with van der Waals surface area (Å²) >= 11 is 5.42. The molecule has 0 aliphatic carbocycles. The van der Waals surface area contributed by atoms with Gasteiger partial charge in [0.05, 0.1) is 5.52 Å². The average molecular weight is 298 g/mol. The number of benzene rings is 1. The van der Waals surface area contributed by atoms with Gasteiger partial charge in [0.1, 0.15) is 0 Å². The molecule has 0 saturated carbocycles. The van der Waals surface area contributed by atoms with Crippen LogP contribution in [-0.4, -0.2) is 10.8 Å². The molecule has 0 N–H and O–H groups in total. The molecular weight excluding hydrogens is 282 g/mol. The fraction of sp³-hybridized carbons (Fsp3) is 0.385. The van der Waals surface area contributed by atoms with E-state index in [-0.39, 0.29) is 5.54 Å². The summed E-state index contributed by atoms with van der Waals surface area (Å²) in [4.78, 5) is 1.32. The third kappa shape index (κ3) is 1.91. The Hall–Kier alpha value is -0.410. The number of thioether (sulfide) groups is 1. The predicted octanol–water partition coefficient (Wildman–Crippen LogP) is 4.88. The van der Waals surface area contributed by atoms with Crippen LogP contribution in [0.15, 0.2) is 33.8 Å². The number of rotatable bonds is 1. The van der Waals surface area contributed by atoms with Crippen molar-refractivity contribution < 1.29 is 0 Å². The Morgan fingerprint density at radius 1 is 1.19 bits per heavy atom. The molecule has 0 radical (unpaired) electrons. The monoisotopic (exact) mass is 297 g/mol. The third-order valence-electron chi connectivity index (χ3n) is 2.69. The van der Waals surface area contributed by atoms with E-state index in [2.05, 4.69) is 71.9 Å². The molecule has 86 valence electrons. The van der Waals surface area contributed by atoms with Gasteiger partial charge in [-0.2, -0.15) is 0 Å². The van der Waals surface area contributed by atoms with Gasteiger partial charge in [-0.25, -0.2) is 0 Å². The molecule has 0 saturated heterocycles. The van der Waals surface area contributed by atoms with Crippen molar-refractivity contribution in [3.8, 4) is 0 Å². The van der Waals surface area contributed by atoms with Gasteiger partial charge in [0.25, 0.3) is 0 Å². The lowest BCUT2D eigenvalue weighted by molar-refractivity contribution is 0.409. The largest absolute Gasteiger partial charge is 0.341 e. The van der Waals surface area contributed by atoms with Gasteiger partial charge in [-0.05, 0) is 55.1 Å². The van der Waals surface area contributed by atoms with Gasteiger partial charge in [0, 0.05) is 26.5 Å². The van der Waals surface area contributed by atoms with Crippen LogP contribution in [0.25, 0.3) is 10.9 Å². The molecule has 1 aromatic carbocycles. The van der Waals surface area contributed by atoms with Crippen LogP contribution in [0.3, 0.4) is 0 Å². The summed E-state index contributed by atoms with van der Waals surface area (Å²) < 4.78 is 3.52. The summed E-state index contributed by atoms with van der Waals surface area (Å²) in [5.41, 5.74) is 1.45. The molecule has 0 unspecified atom stereocenters. The highest BCUT2D eigenvalue weighted by Gasteiger charge is 2.18. The van der Waals surface area contributed by atoms with E-state index in [0.717, 1.165) is 0 Å². The van der Waals surface area contributed by atoms with Gasteiger partial charge < -0.3 is 4.57 Å². The highest BCUT2D eigenvalue weighted by atomic mass is 79.9. The molecular formula is C13H16BrNS.